The van der Waals surface area contributed by atoms with Crippen molar-refractivity contribution in [3.05, 3.63) is 57.9 Å². The molecule has 1 aromatic carbocycles. The Labute approximate surface area is 163 Å². The number of hydrogen-bond donors (Lipinski definition) is 1. The van der Waals surface area contributed by atoms with Crippen LogP contribution in [0.5, 0.6) is 0 Å². The zero-order valence-electron chi connectivity index (χ0n) is 15.7. The van der Waals surface area contributed by atoms with E-state index < -0.39 is 5.54 Å². The minimum Gasteiger partial charge on any atom is -0.349 e. The number of hydrogen-bond acceptors (Lipinski definition) is 3. The van der Waals surface area contributed by atoms with E-state index in [2.05, 4.69) is 10.3 Å². The van der Waals surface area contributed by atoms with Gasteiger partial charge in [-0.3, -0.25) is 19.5 Å². The van der Waals surface area contributed by atoms with Gasteiger partial charge in [0.1, 0.15) is 0 Å². The largest absolute Gasteiger partial charge is 0.349 e. The first-order valence-electron chi connectivity index (χ1n) is 9.19. The predicted octanol–water partition coefficient (Wildman–Crippen LogP) is 4.14. The smallest absolute Gasteiger partial charge is 0.259 e. The average Bonchev–Trinajstić information content (AvgIpc) is 2.80. The summed E-state index contributed by atoms with van der Waals surface area (Å²) in [6, 6.07) is 5.36. The van der Waals surface area contributed by atoms with Gasteiger partial charge in [-0.25, -0.2) is 0 Å². The van der Waals surface area contributed by atoms with E-state index in [1.807, 2.05) is 31.0 Å². The van der Waals surface area contributed by atoms with Crippen LogP contribution in [0.1, 0.15) is 66.7 Å². The third-order valence-electron chi connectivity index (χ3n) is 5.61. The predicted molar refractivity (Wildman–Crippen MR) is 105 cm³/mol. The van der Waals surface area contributed by atoms with Crippen molar-refractivity contribution in [1.82, 2.24) is 10.3 Å². The van der Waals surface area contributed by atoms with Crippen LogP contribution >= 0.6 is 11.6 Å². The number of carbonyl (C=O) groups is 2. The maximum atomic E-state index is 13.3. The second kappa shape index (κ2) is 6.34. The third-order valence-corrected chi connectivity index (χ3v) is 5.85. The van der Waals surface area contributed by atoms with Crippen molar-refractivity contribution in [2.24, 2.45) is 0 Å². The van der Waals surface area contributed by atoms with Gasteiger partial charge in [0.25, 0.3) is 5.91 Å². The number of amides is 2. The first-order valence-corrected chi connectivity index (χ1v) is 9.57. The van der Waals surface area contributed by atoms with Gasteiger partial charge < -0.3 is 5.32 Å². The van der Waals surface area contributed by atoms with Gasteiger partial charge in [-0.1, -0.05) is 11.6 Å². The van der Waals surface area contributed by atoms with Crippen molar-refractivity contribution < 1.29 is 9.59 Å². The highest BCUT2D eigenvalue weighted by atomic mass is 35.5. The number of aromatic nitrogens is 1. The lowest BCUT2D eigenvalue weighted by Crippen LogP contribution is -2.40. The molecule has 2 aliphatic rings. The highest BCUT2D eigenvalue weighted by Gasteiger charge is 2.45. The molecule has 0 fully saturated rings. The fourth-order valence-corrected chi connectivity index (χ4v) is 4.58. The van der Waals surface area contributed by atoms with Crippen molar-refractivity contribution in [2.45, 2.75) is 51.6 Å². The van der Waals surface area contributed by atoms with Crippen molar-refractivity contribution in [3.8, 4) is 0 Å². The first-order chi connectivity index (χ1) is 12.8. The molecule has 140 valence electrons. The maximum Gasteiger partial charge on any atom is 0.259 e. The Morgan fingerprint density at radius 1 is 1.33 bits per heavy atom. The SMILES string of the molecule is CC(=O)N[C@H]1CCCc2c1cncc2N1C(=O)c2ccc(Cl)cc2C1(C)C. The van der Waals surface area contributed by atoms with Gasteiger partial charge in [0, 0.05) is 23.7 Å². The molecule has 1 atom stereocenters. The number of nitrogens with zero attached hydrogens (tertiary/aromatic N) is 2. The fourth-order valence-electron chi connectivity index (χ4n) is 4.41. The van der Waals surface area contributed by atoms with Gasteiger partial charge in [-0.2, -0.15) is 0 Å². The van der Waals surface area contributed by atoms with E-state index in [4.69, 9.17) is 11.6 Å². The standard InChI is InChI=1S/C21H22ClN3O2/c1-12(26)24-18-6-4-5-14-16(18)10-23-11-19(14)25-20(27)15-8-7-13(22)9-17(15)21(25,2)3/h7-11,18H,4-6H2,1-3H3,(H,24,26)/t18-/m0/s1. The summed E-state index contributed by atoms with van der Waals surface area (Å²) in [5.74, 6) is -0.0959. The van der Waals surface area contributed by atoms with Crippen molar-refractivity contribution >= 4 is 29.1 Å². The molecule has 0 unspecified atom stereocenters. The molecule has 0 spiro atoms. The molecule has 1 aliphatic heterocycles. The highest BCUT2D eigenvalue weighted by Crippen LogP contribution is 2.45. The molecule has 2 heterocycles. The van der Waals surface area contributed by atoms with Crippen LogP contribution in [0.25, 0.3) is 0 Å². The third kappa shape index (κ3) is 2.81. The van der Waals surface area contributed by atoms with Crippen LogP contribution in [0.2, 0.25) is 5.02 Å². The monoisotopic (exact) mass is 383 g/mol. The minimum atomic E-state index is -0.533. The normalized spacial score (nSPS) is 20.2. The molecule has 27 heavy (non-hydrogen) atoms. The molecule has 0 saturated carbocycles. The number of halogens is 1. The van der Waals surface area contributed by atoms with Gasteiger partial charge in [0.05, 0.1) is 23.5 Å². The Balaban J connectivity index is 1.83. The molecular formula is C21H22ClN3O2. The maximum absolute atomic E-state index is 13.3. The number of pyridine rings is 1. The van der Waals surface area contributed by atoms with E-state index in [-0.39, 0.29) is 17.9 Å². The number of benzene rings is 1. The Morgan fingerprint density at radius 3 is 2.85 bits per heavy atom. The molecule has 1 aliphatic carbocycles. The molecule has 0 radical (unpaired) electrons. The number of fused-ring (bicyclic) bond motifs is 2. The molecule has 4 rings (SSSR count). The summed E-state index contributed by atoms with van der Waals surface area (Å²) < 4.78 is 0. The molecule has 1 aromatic heterocycles. The summed E-state index contributed by atoms with van der Waals surface area (Å²) in [6.45, 7) is 5.58. The molecule has 0 bridgehead atoms. The number of rotatable bonds is 2. The highest BCUT2D eigenvalue weighted by molar-refractivity contribution is 6.31. The zero-order chi connectivity index (χ0) is 19.3. The van der Waals surface area contributed by atoms with Gasteiger partial charge in [-0.05, 0) is 68.0 Å². The summed E-state index contributed by atoms with van der Waals surface area (Å²) in [4.78, 5) is 31.1. The van der Waals surface area contributed by atoms with Crippen LogP contribution in [-0.2, 0) is 16.8 Å². The lowest BCUT2D eigenvalue weighted by Gasteiger charge is -2.36. The second-order valence-electron chi connectivity index (χ2n) is 7.76. The Kier molecular flexibility index (Phi) is 4.22. The van der Waals surface area contributed by atoms with Crippen LogP contribution in [-0.4, -0.2) is 16.8 Å². The second-order valence-corrected chi connectivity index (χ2v) is 8.20. The molecular weight excluding hydrogens is 362 g/mol. The summed E-state index contributed by atoms with van der Waals surface area (Å²) in [7, 11) is 0. The van der Waals surface area contributed by atoms with E-state index in [1.165, 1.54) is 6.92 Å². The van der Waals surface area contributed by atoms with Gasteiger partial charge in [0.2, 0.25) is 5.91 Å². The molecule has 1 N–H and O–H groups in total. The van der Waals surface area contributed by atoms with E-state index in [0.29, 0.717) is 10.6 Å². The lowest BCUT2D eigenvalue weighted by molar-refractivity contribution is -0.119. The average molecular weight is 384 g/mol. The molecule has 6 heteroatoms. The van der Waals surface area contributed by atoms with Crippen LogP contribution in [0, 0.1) is 0 Å². The van der Waals surface area contributed by atoms with Gasteiger partial charge in [-0.15, -0.1) is 0 Å². The van der Waals surface area contributed by atoms with E-state index in [0.717, 1.165) is 41.6 Å². The quantitative estimate of drug-likeness (QED) is 0.847. The molecule has 5 nitrogen and oxygen atoms in total. The Morgan fingerprint density at radius 2 is 2.11 bits per heavy atom. The fraction of sp³-hybridized carbons (Fsp3) is 0.381. The number of carbonyl (C=O) groups excluding carboxylic acids is 2. The number of nitrogens with one attached hydrogen (secondary N) is 1. The van der Waals surface area contributed by atoms with Gasteiger partial charge in [0.15, 0.2) is 0 Å². The van der Waals surface area contributed by atoms with Crippen molar-refractivity contribution in [2.75, 3.05) is 4.90 Å². The van der Waals surface area contributed by atoms with Crippen LogP contribution in [0.4, 0.5) is 5.69 Å². The Hall–Kier alpha value is -2.40. The summed E-state index contributed by atoms with van der Waals surface area (Å²) >= 11 is 6.19. The van der Waals surface area contributed by atoms with Crippen molar-refractivity contribution in [3.63, 3.8) is 0 Å². The van der Waals surface area contributed by atoms with E-state index >= 15 is 0 Å². The Bertz CT molecular complexity index is 954. The van der Waals surface area contributed by atoms with Crippen LogP contribution < -0.4 is 10.2 Å². The summed E-state index contributed by atoms with van der Waals surface area (Å²) in [5.41, 5.74) is 3.99. The minimum absolute atomic E-state index is 0.0384. The van der Waals surface area contributed by atoms with Crippen molar-refractivity contribution in [1.29, 1.82) is 0 Å². The molecule has 2 amide bonds. The van der Waals surface area contributed by atoms with E-state index in [1.54, 1.807) is 18.3 Å². The zero-order valence-corrected chi connectivity index (χ0v) is 16.4. The molecule has 2 aromatic rings. The summed E-state index contributed by atoms with van der Waals surface area (Å²) in [5, 5.41) is 3.63. The van der Waals surface area contributed by atoms with Crippen LogP contribution in [0.3, 0.4) is 0 Å². The number of anilines is 1. The lowest BCUT2D eigenvalue weighted by atomic mass is 9.86. The topological polar surface area (TPSA) is 62.3 Å². The summed E-state index contributed by atoms with van der Waals surface area (Å²) in [6.07, 6.45) is 6.28. The van der Waals surface area contributed by atoms with Gasteiger partial charge >= 0.3 is 0 Å². The first kappa shape index (κ1) is 18.0. The molecule has 0 saturated heterocycles. The van der Waals surface area contributed by atoms with E-state index in [9.17, 15) is 9.59 Å². The van der Waals surface area contributed by atoms with Crippen LogP contribution in [0.15, 0.2) is 30.6 Å².